The highest BCUT2D eigenvalue weighted by Crippen LogP contribution is 2.26. The summed E-state index contributed by atoms with van der Waals surface area (Å²) in [7, 11) is -3.75. The van der Waals surface area contributed by atoms with E-state index in [1.54, 1.807) is 12.1 Å². The van der Waals surface area contributed by atoms with Gasteiger partial charge in [0.05, 0.1) is 11.9 Å². The fourth-order valence-electron chi connectivity index (χ4n) is 4.84. The van der Waals surface area contributed by atoms with E-state index < -0.39 is 22.0 Å². The van der Waals surface area contributed by atoms with Gasteiger partial charge in [-0.25, -0.2) is 8.42 Å². The van der Waals surface area contributed by atoms with Gasteiger partial charge in [-0.15, -0.1) is 0 Å². The lowest BCUT2D eigenvalue weighted by Gasteiger charge is -2.34. The van der Waals surface area contributed by atoms with Gasteiger partial charge >= 0.3 is 0 Å². The maximum atomic E-state index is 13.8. The number of carbonyl (C=O) groups is 2. The van der Waals surface area contributed by atoms with Crippen LogP contribution in [0.25, 0.3) is 0 Å². The molecule has 1 N–H and O–H groups in total. The molecule has 1 fully saturated rings. The Morgan fingerprint density at radius 3 is 2.28 bits per heavy atom. The normalized spacial score (nSPS) is 15.2. The lowest BCUT2D eigenvalue weighted by molar-refractivity contribution is -0.140. The Kier molecular flexibility index (Phi) is 9.54. The highest BCUT2D eigenvalue weighted by molar-refractivity contribution is 7.92. The number of aryl methyl sites for hydroxylation is 1. The molecule has 196 valence electrons. The number of amides is 2. The van der Waals surface area contributed by atoms with Crippen molar-refractivity contribution in [2.24, 2.45) is 0 Å². The summed E-state index contributed by atoms with van der Waals surface area (Å²) in [5, 5.41) is 3.16. The van der Waals surface area contributed by atoms with Gasteiger partial charge in [-0.2, -0.15) is 0 Å². The van der Waals surface area contributed by atoms with Crippen molar-refractivity contribution in [1.82, 2.24) is 10.2 Å². The maximum Gasteiger partial charge on any atom is 0.244 e. The van der Waals surface area contributed by atoms with Crippen molar-refractivity contribution in [2.75, 3.05) is 17.1 Å². The lowest BCUT2D eigenvalue weighted by atomic mass is 9.95. The molecule has 0 bridgehead atoms. The predicted octanol–water partition coefficient (Wildman–Crippen LogP) is 4.33. The van der Waals surface area contributed by atoms with Crippen LogP contribution in [0.3, 0.4) is 0 Å². The van der Waals surface area contributed by atoms with Crippen LogP contribution >= 0.6 is 0 Å². The van der Waals surface area contributed by atoms with Gasteiger partial charge < -0.3 is 10.2 Å². The number of anilines is 1. The van der Waals surface area contributed by atoms with Gasteiger partial charge in [-0.05, 0) is 55.9 Å². The number of nitrogens with one attached hydrogen (secondary N) is 1. The van der Waals surface area contributed by atoms with Crippen molar-refractivity contribution in [1.29, 1.82) is 0 Å². The van der Waals surface area contributed by atoms with E-state index in [-0.39, 0.29) is 25.0 Å². The first-order valence-corrected chi connectivity index (χ1v) is 14.6. The molecule has 2 amide bonds. The van der Waals surface area contributed by atoms with E-state index in [2.05, 4.69) is 5.32 Å². The van der Waals surface area contributed by atoms with Crippen molar-refractivity contribution in [3.8, 4) is 0 Å². The fraction of sp³-hybridized carbons (Fsp3) is 0.500. The van der Waals surface area contributed by atoms with Crippen LogP contribution in [0.4, 0.5) is 5.69 Å². The Balaban J connectivity index is 1.92. The van der Waals surface area contributed by atoms with Crippen molar-refractivity contribution in [3.63, 3.8) is 0 Å². The number of hydrogen-bond acceptors (Lipinski definition) is 4. The maximum absolute atomic E-state index is 13.8. The van der Waals surface area contributed by atoms with E-state index in [4.69, 9.17) is 0 Å². The molecule has 1 aliphatic rings. The Hall–Kier alpha value is -2.87. The molecule has 3 rings (SSSR count). The van der Waals surface area contributed by atoms with Crippen molar-refractivity contribution in [3.05, 3.63) is 65.2 Å². The zero-order valence-corrected chi connectivity index (χ0v) is 22.7. The summed E-state index contributed by atoms with van der Waals surface area (Å²) >= 11 is 0. The van der Waals surface area contributed by atoms with E-state index in [0.717, 1.165) is 52.9 Å². The molecule has 8 heteroatoms. The quantitative estimate of drug-likeness (QED) is 0.512. The molecule has 0 unspecified atom stereocenters. The van der Waals surface area contributed by atoms with Gasteiger partial charge in [0.25, 0.3) is 0 Å². The van der Waals surface area contributed by atoms with Gasteiger partial charge in [-0.3, -0.25) is 13.9 Å². The smallest absolute Gasteiger partial charge is 0.244 e. The molecule has 2 aromatic rings. The molecular formula is C28H39N3O4S. The molecule has 1 aliphatic carbocycles. The first-order valence-electron chi connectivity index (χ1n) is 12.8. The summed E-state index contributed by atoms with van der Waals surface area (Å²) in [6.45, 7) is 5.49. The van der Waals surface area contributed by atoms with Gasteiger partial charge in [-0.1, -0.05) is 68.7 Å². The second kappa shape index (κ2) is 12.4. The minimum atomic E-state index is -3.75. The number of hydrogen-bond donors (Lipinski definition) is 1. The largest absolute Gasteiger partial charge is 0.352 e. The Labute approximate surface area is 215 Å². The summed E-state index contributed by atoms with van der Waals surface area (Å²) in [6.07, 6.45) is 6.80. The molecule has 2 aromatic carbocycles. The van der Waals surface area contributed by atoms with Crippen LogP contribution in [0.5, 0.6) is 0 Å². The van der Waals surface area contributed by atoms with Gasteiger partial charge in [0.1, 0.15) is 12.6 Å². The average molecular weight is 514 g/mol. The lowest BCUT2D eigenvalue weighted by Crippen LogP contribution is -2.54. The minimum absolute atomic E-state index is 0.122. The first kappa shape index (κ1) is 27.7. The summed E-state index contributed by atoms with van der Waals surface area (Å²) < 4.78 is 26.8. The van der Waals surface area contributed by atoms with E-state index in [1.165, 1.54) is 11.3 Å². The number of sulfonamides is 1. The molecule has 0 aromatic heterocycles. The van der Waals surface area contributed by atoms with E-state index in [9.17, 15) is 18.0 Å². The number of carbonyl (C=O) groups excluding carboxylic acids is 2. The van der Waals surface area contributed by atoms with E-state index >= 15 is 0 Å². The zero-order chi connectivity index (χ0) is 26.3. The van der Waals surface area contributed by atoms with Crippen molar-refractivity contribution in [2.45, 2.75) is 77.9 Å². The minimum Gasteiger partial charge on any atom is -0.352 e. The summed E-state index contributed by atoms with van der Waals surface area (Å²) in [4.78, 5) is 28.7. The van der Waals surface area contributed by atoms with Crippen LogP contribution in [0, 0.1) is 13.8 Å². The van der Waals surface area contributed by atoms with Gasteiger partial charge in [0, 0.05) is 12.6 Å². The molecular weight excluding hydrogens is 474 g/mol. The third kappa shape index (κ3) is 7.09. The molecule has 0 heterocycles. The van der Waals surface area contributed by atoms with Crippen molar-refractivity contribution >= 4 is 27.5 Å². The Morgan fingerprint density at radius 1 is 1.00 bits per heavy atom. The van der Waals surface area contributed by atoms with Crippen LogP contribution in [0.1, 0.15) is 62.1 Å². The van der Waals surface area contributed by atoms with Crippen LogP contribution in [0.2, 0.25) is 0 Å². The molecule has 0 aliphatic heterocycles. The number of benzene rings is 2. The second-order valence-corrected chi connectivity index (χ2v) is 11.7. The Bertz CT molecular complexity index is 1140. The standard InChI is InChI=1S/C28H39N3O4S/c1-5-25(28(33)29-24-16-10-7-11-17-24)30(19-23-14-8-6-9-15-23)27(32)20-31(36(4,34)35)26-18-12-13-21(2)22(26)3/h6,8-9,12-15,18,24-25H,5,7,10-11,16-17,19-20H2,1-4H3,(H,29,33)/t25-/m0/s1. The zero-order valence-electron chi connectivity index (χ0n) is 21.9. The molecule has 0 saturated heterocycles. The SMILES string of the molecule is CC[C@@H](C(=O)NC1CCCCC1)N(Cc1ccccc1)C(=O)CN(c1cccc(C)c1C)S(C)(=O)=O. The topological polar surface area (TPSA) is 86.8 Å². The number of nitrogens with zero attached hydrogens (tertiary/aromatic N) is 2. The van der Waals surface area contributed by atoms with Crippen LogP contribution < -0.4 is 9.62 Å². The summed E-state index contributed by atoms with van der Waals surface area (Å²) in [6, 6.07) is 14.3. The van der Waals surface area contributed by atoms with Crippen LogP contribution in [0.15, 0.2) is 48.5 Å². The molecule has 0 radical (unpaired) electrons. The van der Waals surface area contributed by atoms with Crippen LogP contribution in [-0.2, 0) is 26.2 Å². The van der Waals surface area contributed by atoms with Crippen LogP contribution in [-0.4, -0.2) is 50.0 Å². The van der Waals surface area contributed by atoms with E-state index in [1.807, 2.05) is 57.2 Å². The highest BCUT2D eigenvalue weighted by atomic mass is 32.2. The predicted molar refractivity (Wildman–Crippen MR) is 144 cm³/mol. The monoisotopic (exact) mass is 513 g/mol. The van der Waals surface area contributed by atoms with Gasteiger partial charge in [0.15, 0.2) is 0 Å². The summed E-state index contributed by atoms with van der Waals surface area (Å²) in [5.74, 6) is -0.581. The molecule has 7 nitrogen and oxygen atoms in total. The Morgan fingerprint density at radius 2 is 1.67 bits per heavy atom. The summed E-state index contributed by atoms with van der Waals surface area (Å²) in [5.41, 5.74) is 3.10. The second-order valence-electron chi connectivity index (χ2n) is 9.76. The third-order valence-electron chi connectivity index (χ3n) is 7.06. The first-order chi connectivity index (χ1) is 17.1. The molecule has 1 atom stereocenters. The fourth-order valence-corrected chi connectivity index (χ4v) is 5.74. The number of rotatable bonds is 10. The average Bonchev–Trinajstić information content (AvgIpc) is 2.85. The van der Waals surface area contributed by atoms with Crippen molar-refractivity contribution < 1.29 is 18.0 Å². The molecule has 0 spiro atoms. The molecule has 1 saturated carbocycles. The highest BCUT2D eigenvalue weighted by Gasteiger charge is 2.33. The third-order valence-corrected chi connectivity index (χ3v) is 8.18. The molecule has 36 heavy (non-hydrogen) atoms. The van der Waals surface area contributed by atoms with Gasteiger partial charge in [0.2, 0.25) is 21.8 Å². The van der Waals surface area contributed by atoms with E-state index in [0.29, 0.717) is 12.1 Å².